The number of hydrogen-bond acceptors (Lipinski definition) is 5. The van der Waals surface area contributed by atoms with Gasteiger partial charge in [0.2, 0.25) is 13.2 Å². The van der Waals surface area contributed by atoms with Crippen molar-refractivity contribution < 1.29 is 14.3 Å². The molecule has 0 saturated heterocycles. The summed E-state index contributed by atoms with van der Waals surface area (Å²) in [6, 6.07) is 5.41. The number of rotatable bonds is 2. The molecule has 17 heavy (non-hydrogen) atoms. The van der Waals surface area contributed by atoms with Crippen LogP contribution in [-0.4, -0.2) is 30.7 Å². The summed E-state index contributed by atoms with van der Waals surface area (Å²) in [6.45, 7) is 0.991. The van der Waals surface area contributed by atoms with Crippen molar-refractivity contribution in [2.75, 3.05) is 24.0 Å². The SMILES string of the molecule is O=CN(C1=NCCS1)c1ccc2c(c1)OCO2. The van der Waals surface area contributed by atoms with Crippen LogP contribution in [0.1, 0.15) is 0 Å². The molecule has 0 N–H and O–H groups in total. The third-order valence-electron chi connectivity index (χ3n) is 2.52. The van der Waals surface area contributed by atoms with E-state index in [1.54, 1.807) is 23.9 Å². The average Bonchev–Trinajstić information content (AvgIpc) is 2.99. The van der Waals surface area contributed by atoms with E-state index < -0.39 is 0 Å². The molecule has 3 rings (SSSR count). The molecule has 0 aliphatic carbocycles. The fourth-order valence-electron chi connectivity index (χ4n) is 1.72. The van der Waals surface area contributed by atoms with Gasteiger partial charge in [0.15, 0.2) is 16.7 Å². The molecule has 0 bridgehead atoms. The van der Waals surface area contributed by atoms with Crippen molar-refractivity contribution in [3.63, 3.8) is 0 Å². The van der Waals surface area contributed by atoms with Crippen molar-refractivity contribution in [3.05, 3.63) is 18.2 Å². The van der Waals surface area contributed by atoms with Crippen molar-refractivity contribution in [3.8, 4) is 11.5 Å². The molecule has 0 saturated carbocycles. The first-order chi connectivity index (χ1) is 8.38. The molecule has 1 aromatic rings. The molecule has 0 aromatic heterocycles. The van der Waals surface area contributed by atoms with E-state index in [9.17, 15) is 4.79 Å². The van der Waals surface area contributed by atoms with Crippen LogP contribution in [0.3, 0.4) is 0 Å². The van der Waals surface area contributed by atoms with E-state index >= 15 is 0 Å². The normalized spacial score (nSPS) is 16.8. The summed E-state index contributed by atoms with van der Waals surface area (Å²) in [5.41, 5.74) is 0.748. The maximum absolute atomic E-state index is 11.2. The number of carbonyl (C=O) groups is 1. The van der Waals surface area contributed by atoms with Gasteiger partial charge in [-0.15, -0.1) is 0 Å². The zero-order valence-electron chi connectivity index (χ0n) is 8.96. The van der Waals surface area contributed by atoms with Crippen molar-refractivity contribution in [1.29, 1.82) is 0 Å². The first kappa shape index (κ1) is 10.5. The fourth-order valence-corrected chi connectivity index (χ4v) is 2.56. The number of amidine groups is 1. The summed E-state index contributed by atoms with van der Waals surface area (Å²) in [5.74, 6) is 2.29. The van der Waals surface area contributed by atoms with Crippen LogP contribution in [0, 0.1) is 0 Å². The third-order valence-corrected chi connectivity index (χ3v) is 3.49. The highest BCUT2D eigenvalue weighted by atomic mass is 32.2. The van der Waals surface area contributed by atoms with Gasteiger partial charge in [0, 0.05) is 11.8 Å². The van der Waals surface area contributed by atoms with Crippen LogP contribution < -0.4 is 14.4 Å². The van der Waals surface area contributed by atoms with Crippen LogP contribution in [0.5, 0.6) is 11.5 Å². The maximum atomic E-state index is 11.2. The summed E-state index contributed by atoms with van der Waals surface area (Å²) in [5, 5.41) is 0.735. The van der Waals surface area contributed by atoms with Gasteiger partial charge in [0.1, 0.15) is 0 Å². The quantitative estimate of drug-likeness (QED) is 0.746. The summed E-state index contributed by atoms with van der Waals surface area (Å²) in [7, 11) is 0. The lowest BCUT2D eigenvalue weighted by atomic mass is 10.2. The Morgan fingerprint density at radius 1 is 1.35 bits per heavy atom. The maximum Gasteiger partial charge on any atom is 0.231 e. The smallest absolute Gasteiger partial charge is 0.231 e. The molecule has 0 atom stereocenters. The Balaban J connectivity index is 1.94. The standard InChI is InChI=1S/C11H10N2O3S/c14-6-13(11-12-3-4-17-11)8-1-2-9-10(5-8)16-7-15-9/h1-2,5-6H,3-4,7H2. The lowest BCUT2D eigenvalue weighted by Crippen LogP contribution is -2.25. The largest absolute Gasteiger partial charge is 0.454 e. The number of hydrogen-bond donors (Lipinski definition) is 0. The number of amides is 1. The highest BCUT2D eigenvalue weighted by Crippen LogP contribution is 2.36. The van der Waals surface area contributed by atoms with Crippen molar-refractivity contribution >= 4 is 29.0 Å². The second-order valence-electron chi connectivity index (χ2n) is 3.53. The number of carbonyl (C=O) groups excluding carboxylic acids is 1. The fraction of sp³-hybridized carbons (Fsp3) is 0.273. The van der Waals surface area contributed by atoms with Gasteiger partial charge in [-0.3, -0.25) is 14.7 Å². The second kappa shape index (κ2) is 4.29. The monoisotopic (exact) mass is 250 g/mol. The number of nitrogens with zero attached hydrogens (tertiary/aromatic N) is 2. The lowest BCUT2D eigenvalue weighted by Gasteiger charge is -2.16. The van der Waals surface area contributed by atoms with Crippen LogP contribution in [-0.2, 0) is 4.79 Å². The van der Waals surface area contributed by atoms with E-state index in [0.29, 0.717) is 11.5 Å². The highest BCUT2D eigenvalue weighted by molar-refractivity contribution is 8.14. The molecule has 0 fully saturated rings. The molecule has 0 unspecified atom stereocenters. The van der Waals surface area contributed by atoms with Gasteiger partial charge in [-0.05, 0) is 12.1 Å². The molecular weight excluding hydrogens is 240 g/mol. The van der Waals surface area contributed by atoms with Gasteiger partial charge in [-0.25, -0.2) is 0 Å². The summed E-state index contributed by atoms with van der Waals surface area (Å²) >= 11 is 1.58. The number of aliphatic imine (C=N–C) groups is 1. The molecular formula is C11H10N2O3S. The summed E-state index contributed by atoms with van der Waals surface area (Å²) in [4.78, 5) is 17.0. The molecule has 1 amide bonds. The van der Waals surface area contributed by atoms with E-state index in [1.807, 2.05) is 6.07 Å². The van der Waals surface area contributed by atoms with Crippen LogP contribution in [0.15, 0.2) is 23.2 Å². The van der Waals surface area contributed by atoms with Crippen molar-refractivity contribution in [2.45, 2.75) is 0 Å². The zero-order valence-corrected chi connectivity index (χ0v) is 9.77. The summed E-state index contributed by atoms with van der Waals surface area (Å²) in [6.07, 6.45) is 0.773. The molecule has 88 valence electrons. The minimum Gasteiger partial charge on any atom is -0.454 e. The van der Waals surface area contributed by atoms with Gasteiger partial charge >= 0.3 is 0 Å². The summed E-state index contributed by atoms with van der Waals surface area (Å²) < 4.78 is 10.5. The molecule has 2 heterocycles. The minimum absolute atomic E-state index is 0.232. The Morgan fingerprint density at radius 2 is 2.24 bits per heavy atom. The molecule has 0 spiro atoms. The molecule has 0 radical (unpaired) electrons. The van der Waals surface area contributed by atoms with E-state index in [0.717, 1.165) is 29.6 Å². The topological polar surface area (TPSA) is 51.1 Å². The lowest BCUT2D eigenvalue weighted by molar-refractivity contribution is -0.106. The van der Waals surface area contributed by atoms with Crippen LogP contribution >= 0.6 is 11.8 Å². The number of thioether (sulfide) groups is 1. The van der Waals surface area contributed by atoms with Crippen LogP contribution in [0.2, 0.25) is 0 Å². The molecule has 1 aromatic carbocycles. The third kappa shape index (κ3) is 1.84. The van der Waals surface area contributed by atoms with E-state index in [2.05, 4.69) is 4.99 Å². The Hall–Kier alpha value is -1.69. The van der Waals surface area contributed by atoms with Gasteiger partial charge < -0.3 is 9.47 Å². The van der Waals surface area contributed by atoms with Crippen LogP contribution in [0.25, 0.3) is 0 Å². The predicted octanol–water partition coefficient (Wildman–Crippen LogP) is 1.48. The number of fused-ring (bicyclic) bond motifs is 1. The van der Waals surface area contributed by atoms with Crippen LogP contribution in [0.4, 0.5) is 5.69 Å². The molecule has 2 aliphatic heterocycles. The minimum atomic E-state index is 0.232. The van der Waals surface area contributed by atoms with Gasteiger partial charge in [0.25, 0.3) is 0 Å². The number of anilines is 1. The Bertz CT molecular complexity index is 490. The van der Waals surface area contributed by atoms with Gasteiger partial charge in [-0.2, -0.15) is 0 Å². The second-order valence-corrected chi connectivity index (χ2v) is 4.59. The Labute approximate surface area is 102 Å². The van der Waals surface area contributed by atoms with Gasteiger partial charge in [0.05, 0.1) is 12.2 Å². The first-order valence-corrected chi connectivity index (χ1v) is 6.18. The van der Waals surface area contributed by atoms with E-state index in [4.69, 9.17) is 9.47 Å². The molecule has 2 aliphatic rings. The Morgan fingerprint density at radius 3 is 3.00 bits per heavy atom. The van der Waals surface area contributed by atoms with Gasteiger partial charge in [-0.1, -0.05) is 11.8 Å². The predicted molar refractivity (Wildman–Crippen MR) is 65.9 cm³/mol. The molecule has 6 heteroatoms. The van der Waals surface area contributed by atoms with Crippen molar-refractivity contribution in [1.82, 2.24) is 0 Å². The number of benzene rings is 1. The Kier molecular flexibility index (Phi) is 2.64. The van der Waals surface area contributed by atoms with Crippen molar-refractivity contribution in [2.24, 2.45) is 4.99 Å². The molecule has 5 nitrogen and oxygen atoms in total. The zero-order chi connectivity index (χ0) is 11.7. The highest BCUT2D eigenvalue weighted by Gasteiger charge is 2.20. The van der Waals surface area contributed by atoms with E-state index in [-0.39, 0.29) is 6.79 Å². The first-order valence-electron chi connectivity index (χ1n) is 5.20. The number of ether oxygens (including phenoxy) is 2. The van der Waals surface area contributed by atoms with E-state index in [1.165, 1.54) is 4.90 Å². The average molecular weight is 250 g/mol.